The van der Waals surface area contributed by atoms with Crippen LogP contribution in [0.1, 0.15) is 10.4 Å². The van der Waals surface area contributed by atoms with Gasteiger partial charge in [-0.1, -0.05) is 12.1 Å². The van der Waals surface area contributed by atoms with Crippen molar-refractivity contribution in [1.82, 2.24) is 4.90 Å². The van der Waals surface area contributed by atoms with Crippen molar-refractivity contribution in [2.45, 2.75) is 0 Å². The van der Waals surface area contributed by atoms with E-state index in [-0.39, 0.29) is 24.6 Å². The Morgan fingerprint density at radius 2 is 2.31 bits per heavy atom. The molecule has 0 aliphatic heterocycles. The zero-order valence-corrected chi connectivity index (χ0v) is 8.90. The fourth-order valence-corrected chi connectivity index (χ4v) is 1.36. The van der Waals surface area contributed by atoms with Crippen LogP contribution in [0.3, 0.4) is 0 Å². The Hall–Kier alpha value is -1.68. The van der Waals surface area contributed by atoms with Crippen molar-refractivity contribution in [2.24, 2.45) is 0 Å². The maximum atomic E-state index is 12.9. The van der Waals surface area contributed by atoms with Gasteiger partial charge in [-0.15, -0.1) is 6.58 Å². The number of aliphatic hydroxyl groups is 1. The van der Waals surface area contributed by atoms with E-state index >= 15 is 0 Å². The lowest BCUT2D eigenvalue weighted by Crippen LogP contribution is -2.33. The van der Waals surface area contributed by atoms with Crippen LogP contribution >= 0.6 is 0 Å². The summed E-state index contributed by atoms with van der Waals surface area (Å²) >= 11 is 0. The molecule has 0 aromatic heterocycles. The standard InChI is InChI=1S/C12H14FNO2/c1-2-6-14(7-8-15)12(16)10-4-3-5-11(13)9-10/h2-5,9,15H,1,6-8H2. The van der Waals surface area contributed by atoms with E-state index < -0.39 is 5.82 Å². The summed E-state index contributed by atoms with van der Waals surface area (Å²) in [5.41, 5.74) is 0.273. The lowest BCUT2D eigenvalue weighted by molar-refractivity contribution is 0.0742. The van der Waals surface area contributed by atoms with Crippen molar-refractivity contribution in [2.75, 3.05) is 19.7 Å². The van der Waals surface area contributed by atoms with E-state index in [0.717, 1.165) is 0 Å². The minimum Gasteiger partial charge on any atom is -0.395 e. The maximum Gasteiger partial charge on any atom is 0.254 e. The predicted molar refractivity (Wildman–Crippen MR) is 59.6 cm³/mol. The van der Waals surface area contributed by atoms with Gasteiger partial charge in [0.2, 0.25) is 0 Å². The van der Waals surface area contributed by atoms with Gasteiger partial charge >= 0.3 is 0 Å². The zero-order valence-electron chi connectivity index (χ0n) is 8.90. The van der Waals surface area contributed by atoms with Crippen LogP contribution in [-0.2, 0) is 0 Å². The number of rotatable bonds is 5. The summed E-state index contributed by atoms with van der Waals surface area (Å²) < 4.78 is 12.9. The number of amides is 1. The Morgan fingerprint density at radius 3 is 2.88 bits per heavy atom. The van der Waals surface area contributed by atoms with Gasteiger partial charge in [0.05, 0.1) is 6.61 Å². The normalized spacial score (nSPS) is 9.88. The smallest absolute Gasteiger partial charge is 0.254 e. The molecule has 0 atom stereocenters. The summed E-state index contributed by atoms with van der Waals surface area (Å²) in [6.45, 7) is 3.94. The van der Waals surface area contributed by atoms with Gasteiger partial charge in [0.25, 0.3) is 5.91 Å². The quantitative estimate of drug-likeness (QED) is 0.767. The highest BCUT2D eigenvalue weighted by molar-refractivity contribution is 5.94. The molecular formula is C12H14FNO2. The second-order valence-corrected chi connectivity index (χ2v) is 3.27. The molecule has 0 unspecified atom stereocenters. The Balaban J connectivity index is 2.85. The van der Waals surface area contributed by atoms with Crippen molar-refractivity contribution in [1.29, 1.82) is 0 Å². The number of carbonyl (C=O) groups excluding carboxylic acids is 1. The minimum absolute atomic E-state index is 0.130. The fourth-order valence-electron chi connectivity index (χ4n) is 1.36. The first-order chi connectivity index (χ1) is 7.69. The van der Waals surface area contributed by atoms with Gasteiger partial charge in [0, 0.05) is 18.7 Å². The number of benzene rings is 1. The summed E-state index contributed by atoms with van der Waals surface area (Å²) in [5, 5.41) is 8.81. The predicted octanol–water partition coefficient (Wildman–Crippen LogP) is 1.45. The number of aliphatic hydroxyl groups excluding tert-OH is 1. The van der Waals surface area contributed by atoms with Gasteiger partial charge in [-0.25, -0.2) is 4.39 Å². The molecule has 0 aliphatic rings. The van der Waals surface area contributed by atoms with Gasteiger partial charge in [-0.3, -0.25) is 4.79 Å². The van der Waals surface area contributed by atoms with E-state index in [9.17, 15) is 9.18 Å². The number of carbonyl (C=O) groups is 1. The Morgan fingerprint density at radius 1 is 1.56 bits per heavy atom. The largest absolute Gasteiger partial charge is 0.395 e. The van der Waals surface area contributed by atoms with Crippen molar-refractivity contribution < 1.29 is 14.3 Å². The summed E-state index contributed by atoms with van der Waals surface area (Å²) in [6, 6.07) is 5.48. The summed E-state index contributed by atoms with van der Waals surface area (Å²) in [5.74, 6) is -0.762. The molecule has 0 saturated heterocycles. The molecule has 0 heterocycles. The molecule has 16 heavy (non-hydrogen) atoms. The molecular weight excluding hydrogens is 209 g/mol. The monoisotopic (exact) mass is 223 g/mol. The van der Waals surface area contributed by atoms with Crippen molar-refractivity contribution in [3.05, 3.63) is 48.3 Å². The molecule has 0 aliphatic carbocycles. The molecule has 0 radical (unpaired) electrons. The van der Waals surface area contributed by atoms with E-state index in [1.54, 1.807) is 12.1 Å². The van der Waals surface area contributed by atoms with Gasteiger partial charge in [0.15, 0.2) is 0 Å². The van der Waals surface area contributed by atoms with E-state index in [4.69, 9.17) is 5.11 Å². The molecule has 1 aromatic carbocycles. The number of halogens is 1. The average molecular weight is 223 g/mol. The first-order valence-electron chi connectivity index (χ1n) is 4.95. The van der Waals surface area contributed by atoms with Crippen LogP contribution in [0.5, 0.6) is 0 Å². The maximum absolute atomic E-state index is 12.9. The van der Waals surface area contributed by atoms with Crippen LogP contribution in [0.25, 0.3) is 0 Å². The first-order valence-corrected chi connectivity index (χ1v) is 4.95. The third-order valence-corrected chi connectivity index (χ3v) is 2.08. The van der Waals surface area contributed by atoms with Gasteiger partial charge in [-0.05, 0) is 18.2 Å². The molecule has 86 valence electrons. The van der Waals surface area contributed by atoms with Gasteiger partial charge in [-0.2, -0.15) is 0 Å². The van der Waals surface area contributed by atoms with E-state index in [1.165, 1.54) is 23.1 Å². The third kappa shape index (κ3) is 3.17. The Labute approximate surface area is 93.8 Å². The second kappa shape index (κ2) is 6.02. The summed E-state index contributed by atoms with van der Waals surface area (Å²) in [4.78, 5) is 13.3. The molecule has 0 spiro atoms. The lowest BCUT2D eigenvalue weighted by atomic mass is 10.2. The van der Waals surface area contributed by atoms with Crippen LogP contribution in [0.4, 0.5) is 4.39 Å². The fraction of sp³-hybridized carbons (Fsp3) is 0.250. The highest BCUT2D eigenvalue weighted by atomic mass is 19.1. The number of hydrogen-bond donors (Lipinski definition) is 1. The molecule has 0 bridgehead atoms. The molecule has 1 N–H and O–H groups in total. The summed E-state index contributed by atoms with van der Waals surface area (Å²) in [6.07, 6.45) is 1.56. The average Bonchev–Trinajstić information content (AvgIpc) is 2.28. The summed E-state index contributed by atoms with van der Waals surface area (Å²) in [7, 11) is 0. The molecule has 3 nitrogen and oxygen atoms in total. The molecule has 4 heteroatoms. The second-order valence-electron chi connectivity index (χ2n) is 3.27. The van der Waals surface area contributed by atoms with Gasteiger partial charge in [0.1, 0.15) is 5.82 Å². The zero-order chi connectivity index (χ0) is 12.0. The SMILES string of the molecule is C=CCN(CCO)C(=O)c1cccc(F)c1. The topological polar surface area (TPSA) is 40.5 Å². The number of hydrogen-bond acceptors (Lipinski definition) is 2. The van der Waals surface area contributed by atoms with E-state index in [1.807, 2.05) is 0 Å². The van der Waals surface area contributed by atoms with Crippen molar-refractivity contribution in [3.8, 4) is 0 Å². The lowest BCUT2D eigenvalue weighted by Gasteiger charge is -2.19. The number of nitrogens with zero attached hydrogens (tertiary/aromatic N) is 1. The third-order valence-electron chi connectivity index (χ3n) is 2.08. The van der Waals surface area contributed by atoms with Crippen LogP contribution in [0.2, 0.25) is 0 Å². The Bertz CT molecular complexity index is 379. The highest BCUT2D eigenvalue weighted by Crippen LogP contribution is 2.07. The van der Waals surface area contributed by atoms with Crippen LogP contribution < -0.4 is 0 Å². The minimum atomic E-state index is -0.451. The molecule has 1 amide bonds. The van der Waals surface area contributed by atoms with Crippen LogP contribution in [-0.4, -0.2) is 35.6 Å². The van der Waals surface area contributed by atoms with Crippen LogP contribution in [0, 0.1) is 5.82 Å². The highest BCUT2D eigenvalue weighted by Gasteiger charge is 2.14. The van der Waals surface area contributed by atoms with Crippen molar-refractivity contribution in [3.63, 3.8) is 0 Å². The van der Waals surface area contributed by atoms with E-state index in [0.29, 0.717) is 6.54 Å². The van der Waals surface area contributed by atoms with Crippen LogP contribution in [0.15, 0.2) is 36.9 Å². The van der Waals surface area contributed by atoms with Gasteiger partial charge < -0.3 is 10.0 Å². The molecule has 0 fully saturated rings. The Kier molecular flexibility index (Phi) is 4.66. The molecule has 1 rings (SSSR count). The molecule has 0 saturated carbocycles. The van der Waals surface area contributed by atoms with E-state index in [2.05, 4.69) is 6.58 Å². The molecule has 1 aromatic rings. The first kappa shape index (κ1) is 12.4. The van der Waals surface area contributed by atoms with Crippen molar-refractivity contribution >= 4 is 5.91 Å².